The molecule has 0 radical (unpaired) electrons. The van der Waals surface area contributed by atoms with Crippen molar-refractivity contribution in [3.63, 3.8) is 0 Å². The second-order valence-corrected chi connectivity index (χ2v) is 4.40. The minimum Gasteiger partial charge on any atom is -0.479 e. The molecule has 1 rings (SSSR count). The van der Waals surface area contributed by atoms with Gasteiger partial charge >= 0.3 is 5.97 Å². The Balaban J connectivity index is 2.65. The van der Waals surface area contributed by atoms with Gasteiger partial charge in [0.25, 0.3) is 0 Å². The van der Waals surface area contributed by atoms with Crippen LogP contribution in [0.1, 0.15) is 49.9 Å². The normalized spacial score (nSPS) is 11.9. The van der Waals surface area contributed by atoms with Crippen LogP contribution >= 0.6 is 0 Å². The summed E-state index contributed by atoms with van der Waals surface area (Å²) in [6.45, 7) is 3.79. The summed E-state index contributed by atoms with van der Waals surface area (Å²) >= 11 is 0. The summed E-state index contributed by atoms with van der Waals surface area (Å²) in [5.41, 5.74) is 0.643. The number of ether oxygens (including phenoxy) is 1. The van der Waals surface area contributed by atoms with Crippen LogP contribution in [0.3, 0.4) is 0 Å². The molecule has 4 nitrogen and oxygen atoms in total. The fourth-order valence-corrected chi connectivity index (χ4v) is 1.67. The zero-order valence-corrected chi connectivity index (χ0v) is 11.4. The van der Waals surface area contributed by atoms with E-state index in [2.05, 4.69) is 0 Å². The minimum atomic E-state index is -0.981. The van der Waals surface area contributed by atoms with Crippen molar-refractivity contribution in [2.45, 2.75) is 45.6 Å². The molecule has 4 heteroatoms. The molecule has 0 aliphatic rings. The molecule has 104 valence electrons. The number of ketones is 1. The van der Waals surface area contributed by atoms with E-state index >= 15 is 0 Å². The summed E-state index contributed by atoms with van der Waals surface area (Å²) < 4.78 is 5.33. The van der Waals surface area contributed by atoms with Gasteiger partial charge < -0.3 is 9.84 Å². The predicted molar refractivity (Wildman–Crippen MR) is 72.6 cm³/mol. The molecular weight excluding hydrogens is 244 g/mol. The topological polar surface area (TPSA) is 63.6 Å². The van der Waals surface area contributed by atoms with Crippen molar-refractivity contribution >= 4 is 11.8 Å². The van der Waals surface area contributed by atoms with Crippen molar-refractivity contribution in [3.05, 3.63) is 29.8 Å². The van der Waals surface area contributed by atoms with Gasteiger partial charge in [-0.05, 0) is 37.1 Å². The van der Waals surface area contributed by atoms with E-state index < -0.39 is 12.1 Å². The summed E-state index contributed by atoms with van der Waals surface area (Å²) in [6.07, 6.45) is 1.97. The molecule has 0 bridgehead atoms. The van der Waals surface area contributed by atoms with E-state index in [1.165, 1.54) is 0 Å². The SMILES string of the molecule is CCCCC(=O)c1ccc(OC(CC)C(=O)O)cc1. The van der Waals surface area contributed by atoms with Crippen LogP contribution < -0.4 is 4.74 Å². The average molecular weight is 264 g/mol. The van der Waals surface area contributed by atoms with Crippen molar-refractivity contribution in [1.29, 1.82) is 0 Å². The Labute approximate surface area is 113 Å². The van der Waals surface area contributed by atoms with Crippen LogP contribution in [0.4, 0.5) is 0 Å². The highest BCUT2D eigenvalue weighted by atomic mass is 16.5. The van der Waals surface area contributed by atoms with Gasteiger partial charge in [-0.15, -0.1) is 0 Å². The van der Waals surface area contributed by atoms with Gasteiger partial charge in [0.15, 0.2) is 11.9 Å². The van der Waals surface area contributed by atoms with Crippen molar-refractivity contribution < 1.29 is 19.4 Å². The average Bonchev–Trinajstić information content (AvgIpc) is 2.42. The number of unbranched alkanes of at least 4 members (excludes halogenated alkanes) is 1. The van der Waals surface area contributed by atoms with Crippen LogP contribution in [-0.4, -0.2) is 23.0 Å². The fourth-order valence-electron chi connectivity index (χ4n) is 1.67. The molecule has 0 aliphatic heterocycles. The van der Waals surface area contributed by atoms with Gasteiger partial charge in [-0.3, -0.25) is 4.79 Å². The van der Waals surface area contributed by atoms with Crippen LogP contribution in [0.25, 0.3) is 0 Å². The fraction of sp³-hybridized carbons (Fsp3) is 0.467. The highest BCUT2D eigenvalue weighted by molar-refractivity contribution is 5.96. The van der Waals surface area contributed by atoms with E-state index in [-0.39, 0.29) is 5.78 Å². The number of hydrogen-bond donors (Lipinski definition) is 1. The van der Waals surface area contributed by atoms with Crippen molar-refractivity contribution in [2.75, 3.05) is 0 Å². The summed E-state index contributed by atoms with van der Waals surface area (Å²) in [6, 6.07) is 6.65. The van der Waals surface area contributed by atoms with Crippen LogP contribution in [0, 0.1) is 0 Å². The quantitative estimate of drug-likeness (QED) is 0.732. The summed E-state index contributed by atoms with van der Waals surface area (Å²) in [7, 11) is 0. The zero-order valence-electron chi connectivity index (χ0n) is 11.4. The van der Waals surface area contributed by atoms with Crippen molar-refractivity contribution in [3.8, 4) is 5.75 Å². The van der Waals surface area contributed by atoms with E-state index in [1.807, 2.05) is 6.92 Å². The third-order valence-electron chi connectivity index (χ3n) is 2.86. The smallest absolute Gasteiger partial charge is 0.344 e. The van der Waals surface area contributed by atoms with Gasteiger partial charge in [-0.1, -0.05) is 20.3 Å². The third-order valence-corrected chi connectivity index (χ3v) is 2.86. The summed E-state index contributed by atoms with van der Waals surface area (Å²) in [5, 5.41) is 8.90. The number of carboxylic acid groups (broad SMARTS) is 1. The van der Waals surface area contributed by atoms with Gasteiger partial charge in [-0.2, -0.15) is 0 Å². The number of carbonyl (C=O) groups excluding carboxylic acids is 1. The first kappa shape index (κ1) is 15.2. The number of hydrogen-bond acceptors (Lipinski definition) is 3. The first-order valence-electron chi connectivity index (χ1n) is 6.61. The molecule has 0 fully saturated rings. The molecule has 1 aromatic rings. The molecule has 0 saturated heterocycles. The van der Waals surface area contributed by atoms with E-state index in [1.54, 1.807) is 31.2 Å². The summed E-state index contributed by atoms with van der Waals surface area (Å²) in [5.74, 6) is -0.398. The molecule has 0 saturated carbocycles. The molecule has 0 aliphatic carbocycles. The molecule has 0 heterocycles. The van der Waals surface area contributed by atoms with E-state index in [9.17, 15) is 9.59 Å². The molecule has 0 aromatic heterocycles. The molecule has 1 unspecified atom stereocenters. The first-order chi connectivity index (χ1) is 9.08. The lowest BCUT2D eigenvalue weighted by Crippen LogP contribution is -2.25. The Bertz CT molecular complexity index is 422. The number of aliphatic carboxylic acids is 1. The molecule has 19 heavy (non-hydrogen) atoms. The Kier molecular flexibility index (Phi) is 6.06. The highest BCUT2D eigenvalue weighted by Crippen LogP contribution is 2.16. The van der Waals surface area contributed by atoms with Crippen molar-refractivity contribution in [2.24, 2.45) is 0 Å². The minimum absolute atomic E-state index is 0.110. The summed E-state index contributed by atoms with van der Waals surface area (Å²) in [4.78, 5) is 22.6. The second kappa shape index (κ2) is 7.56. The maximum absolute atomic E-state index is 11.8. The largest absolute Gasteiger partial charge is 0.479 e. The number of carboxylic acids is 1. The maximum Gasteiger partial charge on any atom is 0.344 e. The van der Waals surface area contributed by atoms with E-state index in [0.717, 1.165) is 12.8 Å². The number of carbonyl (C=O) groups is 2. The monoisotopic (exact) mass is 264 g/mol. The Hall–Kier alpha value is -1.84. The Morgan fingerprint density at radius 2 is 1.84 bits per heavy atom. The number of benzene rings is 1. The molecule has 1 aromatic carbocycles. The number of Topliss-reactive ketones (excluding diaryl/α,β-unsaturated/α-hetero) is 1. The van der Waals surface area contributed by atoms with Crippen LogP contribution in [0.5, 0.6) is 5.75 Å². The lowest BCUT2D eigenvalue weighted by atomic mass is 10.1. The Morgan fingerprint density at radius 3 is 2.32 bits per heavy atom. The van der Waals surface area contributed by atoms with E-state index in [0.29, 0.717) is 24.2 Å². The predicted octanol–water partition coefficient (Wildman–Crippen LogP) is 3.30. The lowest BCUT2D eigenvalue weighted by molar-refractivity contribution is -0.145. The molecule has 0 spiro atoms. The van der Waals surface area contributed by atoms with Gasteiger partial charge in [0.2, 0.25) is 0 Å². The first-order valence-corrected chi connectivity index (χ1v) is 6.61. The molecular formula is C15H20O4. The highest BCUT2D eigenvalue weighted by Gasteiger charge is 2.16. The van der Waals surface area contributed by atoms with Gasteiger partial charge in [-0.25, -0.2) is 4.79 Å². The van der Waals surface area contributed by atoms with Crippen LogP contribution in [-0.2, 0) is 4.79 Å². The van der Waals surface area contributed by atoms with Crippen LogP contribution in [0.2, 0.25) is 0 Å². The standard InChI is InChI=1S/C15H20O4/c1-3-5-6-13(16)11-7-9-12(10-8-11)19-14(4-2)15(17)18/h7-10,14H,3-6H2,1-2H3,(H,17,18). The van der Waals surface area contributed by atoms with Gasteiger partial charge in [0.1, 0.15) is 5.75 Å². The Morgan fingerprint density at radius 1 is 1.21 bits per heavy atom. The van der Waals surface area contributed by atoms with Crippen LogP contribution in [0.15, 0.2) is 24.3 Å². The number of rotatable bonds is 8. The second-order valence-electron chi connectivity index (χ2n) is 4.40. The van der Waals surface area contributed by atoms with E-state index in [4.69, 9.17) is 9.84 Å². The third kappa shape index (κ3) is 4.73. The van der Waals surface area contributed by atoms with Crippen molar-refractivity contribution in [1.82, 2.24) is 0 Å². The zero-order chi connectivity index (χ0) is 14.3. The molecule has 1 atom stereocenters. The van der Waals surface area contributed by atoms with Gasteiger partial charge in [0.05, 0.1) is 0 Å². The lowest BCUT2D eigenvalue weighted by Gasteiger charge is -2.13. The molecule has 0 amide bonds. The van der Waals surface area contributed by atoms with Gasteiger partial charge in [0, 0.05) is 12.0 Å². The maximum atomic E-state index is 11.8. The molecule has 1 N–H and O–H groups in total.